The topological polar surface area (TPSA) is 62.3 Å². The van der Waals surface area contributed by atoms with Gasteiger partial charge in [0.25, 0.3) is 5.91 Å². The number of amides is 2. The number of rotatable bonds is 4. The van der Waals surface area contributed by atoms with Gasteiger partial charge in [0.2, 0.25) is 5.91 Å². The Morgan fingerprint density at radius 2 is 1.88 bits per heavy atom. The van der Waals surface area contributed by atoms with Crippen molar-refractivity contribution >= 4 is 17.5 Å². The van der Waals surface area contributed by atoms with Crippen LogP contribution in [-0.2, 0) is 17.5 Å². The van der Waals surface area contributed by atoms with E-state index in [2.05, 4.69) is 10.3 Å². The molecule has 0 unspecified atom stereocenters. The lowest BCUT2D eigenvalue weighted by molar-refractivity contribution is -0.141. The lowest BCUT2D eigenvalue weighted by Crippen LogP contribution is -2.24. The van der Waals surface area contributed by atoms with Gasteiger partial charge in [-0.15, -0.1) is 0 Å². The second kappa shape index (κ2) is 7.15. The van der Waals surface area contributed by atoms with Crippen LogP contribution in [-0.4, -0.2) is 23.3 Å². The number of benzene rings is 1. The molecule has 26 heavy (non-hydrogen) atoms. The first-order valence-corrected chi connectivity index (χ1v) is 8.05. The predicted octanol–water partition coefficient (Wildman–Crippen LogP) is 3.16. The van der Waals surface area contributed by atoms with Crippen molar-refractivity contribution < 1.29 is 22.8 Å². The molecule has 5 nitrogen and oxygen atoms in total. The minimum absolute atomic E-state index is 0.0530. The van der Waals surface area contributed by atoms with E-state index in [-0.39, 0.29) is 18.0 Å². The van der Waals surface area contributed by atoms with E-state index >= 15 is 0 Å². The fraction of sp³-hybridized carbons (Fsp3) is 0.278. The zero-order valence-corrected chi connectivity index (χ0v) is 13.7. The van der Waals surface area contributed by atoms with Crippen LogP contribution in [0.2, 0.25) is 0 Å². The van der Waals surface area contributed by atoms with Crippen molar-refractivity contribution in [2.75, 3.05) is 11.4 Å². The van der Waals surface area contributed by atoms with Gasteiger partial charge in [0.15, 0.2) is 0 Å². The molecule has 0 atom stereocenters. The van der Waals surface area contributed by atoms with Crippen LogP contribution in [0, 0.1) is 0 Å². The second-order valence-electron chi connectivity index (χ2n) is 5.93. The summed E-state index contributed by atoms with van der Waals surface area (Å²) in [6.07, 6.45) is -2.23. The average molecular weight is 363 g/mol. The van der Waals surface area contributed by atoms with E-state index in [9.17, 15) is 22.8 Å². The third-order valence-corrected chi connectivity index (χ3v) is 4.09. The van der Waals surface area contributed by atoms with Gasteiger partial charge in [-0.2, -0.15) is 13.2 Å². The lowest BCUT2D eigenvalue weighted by Gasteiger charge is -2.16. The SMILES string of the molecule is O=C(NCc1ccc(N2CCCC2=O)cc1)c1ccc(C(F)(F)F)nc1. The Morgan fingerprint density at radius 3 is 2.42 bits per heavy atom. The van der Waals surface area contributed by atoms with E-state index in [0.29, 0.717) is 13.0 Å². The lowest BCUT2D eigenvalue weighted by atomic mass is 10.2. The fourth-order valence-electron chi connectivity index (χ4n) is 2.70. The Bertz CT molecular complexity index is 802. The first kappa shape index (κ1) is 17.9. The molecule has 1 aromatic heterocycles. The molecule has 0 saturated carbocycles. The number of carbonyl (C=O) groups excluding carboxylic acids is 2. The van der Waals surface area contributed by atoms with Crippen molar-refractivity contribution in [2.24, 2.45) is 0 Å². The van der Waals surface area contributed by atoms with Gasteiger partial charge in [-0.3, -0.25) is 14.6 Å². The summed E-state index contributed by atoms with van der Waals surface area (Å²) in [5.41, 5.74) is 0.640. The highest BCUT2D eigenvalue weighted by Gasteiger charge is 2.32. The molecule has 0 radical (unpaired) electrons. The Kier molecular flexibility index (Phi) is 4.92. The smallest absolute Gasteiger partial charge is 0.348 e. The number of hydrogen-bond acceptors (Lipinski definition) is 3. The summed E-state index contributed by atoms with van der Waals surface area (Å²) in [6.45, 7) is 0.921. The molecule has 1 fully saturated rings. The molecule has 2 aromatic rings. The monoisotopic (exact) mass is 363 g/mol. The Labute approximate surface area is 147 Å². The average Bonchev–Trinajstić information content (AvgIpc) is 3.05. The van der Waals surface area contributed by atoms with Crippen molar-refractivity contribution in [1.29, 1.82) is 0 Å². The number of alkyl halides is 3. The van der Waals surface area contributed by atoms with Crippen LogP contribution in [0.25, 0.3) is 0 Å². The van der Waals surface area contributed by atoms with Crippen LogP contribution in [0.4, 0.5) is 18.9 Å². The number of aromatic nitrogens is 1. The van der Waals surface area contributed by atoms with Crippen LogP contribution in [0.5, 0.6) is 0 Å². The van der Waals surface area contributed by atoms with E-state index in [1.54, 1.807) is 17.0 Å². The quantitative estimate of drug-likeness (QED) is 0.908. The molecule has 8 heteroatoms. The van der Waals surface area contributed by atoms with Gasteiger partial charge in [-0.25, -0.2) is 0 Å². The van der Waals surface area contributed by atoms with Crippen LogP contribution in [0.15, 0.2) is 42.6 Å². The van der Waals surface area contributed by atoms with E-state index in [0.717, 1.165) is 36.0 Å². The number of halogens is 3. The molecule has 1 aliphatic heterocycles. The van der Waals surface area contributed by atoms with Crippen molar-refractivity contribution in [3.63, 3.8) is 0 Å². The molecular formula is C18H16F3N3O2. The molecular weight excluding hydrogens is 347 g/mol. The van der Waals surface area contributed by atoms with Gasteiger partial charge < -0.3 is 10.2 Å². The number of hydrogen-bond donors (Lipinski definition) is 1. The van der Waals surface area contributed by atoms with E-state index < -0.39 is 17.8 Å². The van der Waals surface area contributed by atoms with Crippen LogP contribution >= 0.6 is 0 Å². The summed E-state index contributed by atoms with van der Waals surface area (Å²) in [5, 5.41) is 2.63. The molecule has 0 aliphatic carbocycles. The predicted molar refractivity (Wildman–Crippen MR) is 88.4 cm³/mol. The normalized spacial score (nSPS) is 14.6. The van der Waals surface area contributed by atoms with Crippen LogP contribution in [0.1, 0.15) is 34.5 Å². The number of nitrogens with one attached hydrogen (secondary N) is 1. The Hall–Kier alpha value is -2.90. The minimum atomic E-state index is -4.53. The molecule has 1 aliphatic rings. The third kappa shape index (κ3) is 4.01. The zero-order valence-electron chi connectivity index (χ0n) is 13.7. The van der Waals surface area contributed by atoms with E-state index in [1.807, 2.05) is 12.1 Å². The Balaban J connectivity index is 1.58. The van der Waals surface area contributed by atoms with Gasteiger partial charge in [0, 0.05) is 31.4 Å². The van der Waals surface area contributed by atoms with Crippen LogP contribution < -0.4 is 10.2 Å². The molecule has 0 bridgehead atoms. The Morgan fingerprint density at radius 1 is 1.15 bits per heavy atom. The summed E-state index contributed by atoms with van der Waals surface area (Å²) < 4.78 is 37.4. The van der Waals surface area contributed by atoms with Gasteiger partial charge in [0.05, 0.1) is 5.56 Å². The van der Waals surface area contributed by atoms with Crippen molar-refractivity contribution in [3.8, 4) is 0 Å². The number of pyridine rings is 1. The molecule has 1 N–H and O–H groups in total. The molecule has 2 heterocycles. The summed E-state index contributed by atoms with van der Waals surface area (Å²) in [5.74, 6) is -0.411. The van der Waals surface area contributed by atoms with Gasteiger partial charge in [-0.05, 0) is 36.2 Å². The number of carbonyl (C=O) groups is 2. The molecule has 0 spiro atoms. The van der Waals surface area contributed by atoms with Crippen LogP contribution in [0.3, 0.4) is 0 Å². The maximum Gasteiger partial charge on any atom is 0.433 e. The van der Waals surface area contributed by atoms with Crippen molar-refractivity contribution in [3.05, 3.63) is 59.4 Å². The maximum atomic E-state index is 12.5. The maximum absolute atomic E-state index is 12.5. The summed E-state index contributed by atoms with van der Waals surface area (Å²) in [4.78, 5) is 28.7. The first-order valence-electron chi connectivity index (χ1n) is 8.05. The zero-order chi connectivity index (χ0) is 18.7. The molecule has 2 amide bonds. The number of nitrogens with zero attached hydrogens (tertiary/aromatic N) is 2. The summed E-state index contributed by atoms with van der Waals surface area (Å²) in [7, 11) is 0. The molecule has 1 saturated heterocycles. The molecule has 136 valence electrons. The van der Waals surface area contributed by atoms with Gasteiger partial charge >= 0.3 is 6.18 Å². The molecule has 1 aromatic carbocycles. The summed E-state index contributed by atoms with van der Waals surface area (Å²) in [6, 6.07) is 9.08. The highest BCUT2D eigenvalue weighted by molar-refractivity contribution is 5.95. The number of anilines is 1. The molecule has 3 rings (SSSR count). The van der Waals surface area contributed by atoms with E-state index in [4.69, 9.17) is 0 Å². The second-order valence-corrected chi connectivity index (χ2v) is 5.93. The highest BCUT2D eigenvalue weighted by Crippen LogP contribution is 2.27. The van der Waals surface area contributed by atoms with E-state index in [1.165, 1.54) is 0 Å². The largest absolute Gasteiger partial charge is 0.433 e. The van der Waals surface area contributed by atoms with Gasteiger partial charge in [0.1, 0.15) is 5.69 Å². The third-order valence-electron chi connectivity index (χ3n) is 4.09. The highest BCUT2D eigenvalue weighted by atomic mass is 19.4. The van der Waals surface area contributed by atoms with Crippen molar-refractivity contribution in [2.45, 2.75) is 25.6 Å². The first-order chi connectivity index (χ1) is 12.3. The summed E-state index contributed by atoms with van der Waals surface area (Å²) >= 11 is 0. The standard InChI is InChI=1S/C18H16F3N3O2/c19-18(20,21)15-8-5-13(11-22-15)17(26)23-10-12-3-6-14(7-4-12)24-9-1-2-16(24)25/h3-8,11H,1-2,9-10H2,(H,23,26). The van der Waals surface area contributed by atoms with Gasteiger partial charge in [-0.1, -0.05) is 12.1 Å². The minimum Gasteiger partial charge on any atom is -0.348 e. The fourth-order valence-corrected chi connectivity index (χ4v) is 2.70. The van der Waals surface area contributed by atoms with Crippen molar-refractivity contribution in [1.82, 2.24) is 10.3 Å².